The van der Waals surface area contributed by atoms with Crippen LogP contribution in [0.4, 0.5) is 0 Å². The molecule has 8 heteroatoms. The van der Waals surface area contributed by atoms with Crippen LogP contribution in [0.15, 0.2) is 64.0 Å². The first kappa shape index (κ1) is 20.7. The Balaban J connectivity index is 1.52. The molecule has 0 saturated carbocycles. The first-order valence-corrected chi connectivity index (χ1v) is 11.2. The molecule has 1 aliphatic rings. The average Bonchev–Trinajstić information content (AvgIpc) is 2.73. The highest BCUT2D eigenvalue weighted by Crippen LogP contribution is 2.20. The summed E-state index contributed by atoms with van der Waals surface area (Å²) in [6, 6.07) is 15.4. The molecule has 0 atom stereocenters. The van der Waals surface area contributed by atoms with Gasteiger partial charge in [0.15, 0.2) is 5.78 Å². The lowest BCUT2D eigenvalue weighted by Crippen LogP contribution is -2.50. The number of Topliss-reactive ketones (excluding diaryl/α,β-unsaturated/α-hetero) is 1. The third-order valence-electron chi connectivity index (χ3n) is 4.70. The highest BCUT2D eigenvalue weighted by Gasteiger charge is 2.30. The van der Waals surface area contributed by atoms with Crippen LogP contribution in [-0.2, 0) is 14.8 Å². The maximum atomic E-state index is 12.7. The number of sulfonamides is 1. The molecular formula is C20H21BrN2O4S. The van der Waals surface area contributed by atoms with Crippen molar-refractivity contribution in [1.29, 1.82) is 0 Å². The fourth-order valence-corrected chi connectivity index (χ4v) is 4.77. The zero-order valence-electron chi connectivity index (χ0n) is 15.3. The Morgan fingerprint density at radius 3 is 2.07 bits per heavy atom. The first-order chi connectivity index (χ1) is 13.4. The molecule has 1 heterocycles. The summed E-state index contributed by atoms with van der Waals surface area (Å²) >= 11 is 3.30. The molecule has 28 heavy (non-hydrogen) atoms. The molecule has 6 nitrogen and oxygen atoms in total. The molecular weight excluding hydrogens is 444 g/mol. The molecule has 1 saturated heterocycles. The molecule has 0 N–H and O–H groups in total. The fraction of sp³-hybridized carbons (Fsp3) is 0.300. The minimum atomic E-state index is -3.57. The lowest BCUT2D eigenvalue weighted by Gasteiger charge is -2.34. The summed E-state index contributed by atoms with van der Waals surface area (Å²) in [5.74, 6) is -0.185. The zero-order valence-corrected chi connectivity index (χ0v) is 17.7. The SMILES string of the molecule is O=C(CCC(=O)N1CCN(S(=O)(=O)c2ccc(Br)cc2)CC1)c1ccccc1. The highest BCUT2D eigenvalue weighted by atomic mass is 79.9. The van der Waals surface area contributed by atoms with Gasteiger partial charge in [0.1, 0.15) is 0 Å². The molecule has 0 bridgehead atoms. The molecule has 0 spiro atoms. The summed E-state index contributed by atoms with van der Waals surface area (Å²) in [6.07, 6.45) is 0.285. The van der Waals surface area contributed by atoms with Crippen molar-refractivity contribution in [2.24, 2.45) is 0 Å². The van der Waals surface area contributed by atoms with E-state index in [0.717, 1.165) is 4.47 Å². The van der Waals surface area contributed by atoms with Gasteiger partial charge in [0, 0.05) is 49.1 Å². The summed E-state index contributed by atoms with van der Waals surface area (Å²) in [7, 11) is -3.57. The van der Waals surface area contributed by atoms with Gasteiger partial charge in [0.05, 0.1) is 4.90 Å². The van der Waals surface area contributed by atoms with Crippen LogP contribution in [0.25, 0.3) is 0 Å². The van der Waals surface area contributed by atoms with Crippen LogP contribution in [0.1, 0.15) is 23.2 Å². The number of rotatable bonds is 6. The smallest absolute Gasteiger partial charge is 0.243 e. The second kappa shape index (κ2) is 8.98. The number of halogens is 1. The van der Waals surface area contributed by atoms with Crippen molar-refractivity contribution < 1.29 is 18.0 Å². The van der Waals surface area contributed by atoms with E-state index >= 15 is 0 Å². The van der Waals surface area contributed by atoms with Gasteiger partial charge in [-0.1, -0.05) is 46.3 Å². The number of ketones is 1. The van der Waals surface area contributed by atoms with E-state index in [1.54, 1.807) is 53.4 Å². The van der Waals surface area contributed by atoms with E-state index < -0.39 is 10.0 Å². The second-order valence-corrected chi connectivity index (χ2v) is 9.38. The quantitative estimate of drug-likeness (QED) is 0.615. The van der Waals surface area contributed by atoms with Gasteiger partial charge in [-0.25, -0.2) is 8.42 Å². The van der Waals surface area contributed by atoms with E-state index in [1.165, 1.54) is 4.31 Å². The number of hydrogen-bond acceptors (Lipinski definition) is 4. The maximum Gasteiger partial charge on any atom is 0.243 e. The van der Waals surface area contributed by atoms with Gasteiger partial charge >= 0.3 is 0 Å². The van der Waals surface area contributed by atoms with E-state index in [4.69, 9.17) is 0 Å². The van der Waals surface area contributed by atoms with Crippen LogP contribution < -0.4 is 0 Å². The summed E-state index contributed by atoms with van der Waals surface area (Å²) in [4.78, 5) is 26.4. The molecule has 0 aliphatic carbocycles. The van der Waals surface area contributed by atoms with Gasteiger partial charge < -0.3 is 4.90 Å². The topological polar surface area (TPSA) is 74.8 Å². The summed E-state index contributed by atoms with van der Waals surface area (Å²) in [6.45, 7) is 1.15. The zero-order chi connectivity index (χ0) is 20.1. The maximum absolute atomic E-state index is 12.7. The number of piperazine rings is 1. The average molecular weight is 465 g/mol. The van der Waals surface area contributed by atoms with Gasteiger partial charge in [0.25, 0.3) is 0 Å². The molecule has 1 aliphatic heterocycles. The molecule has 0 unspecified atom stereocenters. The largest absolute Gasteiger partial charge is 0.340 e. The number of nitrogens with zero attached hydrogens (tertiary/aromatic N) is 2. The van der Waals surface area contributed by atoms with Gasteiger partial charge in [-0.15, -0.1) is 0 Å². The Labute approximate surface area is 173 Å². The Kier molecular flexibility index (Phi) is 6.64. The minimum absolute atomic E-state index is 0.0644. The van der Waals surface area contributed by atoms with Crippen molar-refractivity contribution >= 4 is 37.6 Å². The molecule has 148 valence electrons. The molecule has 1 amide bonds. The number of benzene rings is 2. The van der Waals surface area contributed by atoms with Gasteiger partial charge in [-0.2, -0.15) is 4.31 Å². The van der Waals surface area contributed by atoms with Crippen molar-refractivity contribution in [2.75, 3.05) is 26.2 Å². The Bertz CT molecular complexity index is 938. The highest BCUT2D eigenvalue weighted by molar-refractivity contribution is 9.10. The lowest BCUT2D eigenvalue weighted by molar-refractivity contribution is -0.132. The van der Waals surface area contributed by atoms with Crippen LogP contribution in [0.5, 0.6) is 0 Å². The van der Waals surface area contributed by atoms with Gasteiger partial charge in [0.2, 0.25) is 15.9 Å². The third kappa shape index (κ3) is 4.87. The van der Waals surface area contributed by atoms with E-state index in [0.29, 0.717) is 18.7 Å². The molecule has 0 aromatic heterocycles. The van der Waals surface area contributed by atoms with Crippen LogP contribution in [0, 0.1) is 0 Å². The summed E-state index contributed by atoms with van der Waals surface area (Å²) < 4.78 is 27.6. The van der Waals surface area contributed by atoms with E-state index in [9.17, 15) is 18.0 Å². The molecule has 3 rings (SSSR count). The van der Waals surface area contributed by atoms with Crippen LogP contribution in [0.2, 0.25) is 0 Å². The molecule has 0 radical (unpaired) electrons. The van der Waals surface area contributed by atoms with Crippen LogP contribution in [0.3, 0.4) is 0 Å². The van der Waals surface area contributed by atoms with Crippen molar-refractivity contribution in [3.63, 3.8) is 0 Å². The fourth-order valence-electron chi connectivity index (χ4n) is 3.08. The second-order valence-electron chi connectivity index (χ2n) is 6.53. The minimum Gasteiger partial charge on any atom is -0.340 e. The standard InChI is InChI=1S/C20H21BrN2O4S/c21-17-6-8-18(9-7-17)28(26,27)23-14-12-22(13-15-23)20(25)11-10-19(24)16-4-2-1-3-5-16/h1-9H,10-15H2. The third-order valence-corrected chi connectivity index (χ3v) is 7.15. The Morgan fingerprint density at radius 1 is 0.857 bits per heavy atom. The van der Waals surface area contributed by atoms with Gasteiger partial charge in [-0.05, 0) is 24.3 Å². The Morgan fingerprint density at radius 2 is 1.46 bits per heavy atom. The summed E-state index contributed by atoms with van der Waals surface area (Å²) in [5.41, 5.74) is 0.598. The molecule has 2 aromatic rings. The van der Waals surface area contributed by atoms with Crippen molar-refractivity contribution in [1.82, 2.24) is 9.21 Å². The predicted octanol–water partition coefficient (Wildman–Crippen LogP) is 2.95. The van der Waals surface area contributed by atoms with Crippen LogP contribution >= 0.6 is 15.9 Å². The van der Waals surface area contributed by atoms with Gasteiger partial charge in [-0.3, -0.25) is 9.59 Å². The van der Waals surface area contributed by atoms with Crippen molar-refractivity contribution in [2.45, 2.75) is 17.7 Å². The van der Waals surface area contributed by atoms with Crippen LogP contribution in [-0.4, -0.2) is 55.5 Å². The Hall–Kier alpha value is -2.03. The first-order valence-electron chi connectivity index (χ1n) is 8.99. The van der Waals surface area contributed by atoms with Crippen molar-refractivity contribution in [3.05, 3.63) is 64.6 Å². The number of carbonyl (C=O) groups is 2. The molecule has 2 aromatic carbocycles. The van der Waals surface area contributed by atoms with E-state index in [1.807, 2.05) is 6.07 Å². The number of carbonyl (C=O) groups excluding carboxylic acids is 2. The number of hydrogen-bond donors (Lipinski definition) is 0. The van der Waals surface area contributed by atoms with E-state index in [-0.39, 0.29) is 42.5 Å². The number of amides is 1. The monoisotopic (exact) mass is 464 g/mol. The lowest BCUT2D eigenvalue weighted by atomic mass is 10.1. The predicted molar refractivity (Wildman–Crippen MR) is 109 cm³/mol. The molecule has 1 fully saturated rings. The summed E-state index contributed by atoms with van der Waals surface area (Å²) in [5, 5.41) is 0. The van der Waals surface area contributed by atoms with E-state index in [2.05, 4.69) is 15.9 Å². The normalized spacial score (nSPS) is 15.4. The van der Waals surface area contributed by atoms with Crippen molar-refractivity contribution in [3.8, 4) is 0 Å².